The zero-order valence-corrected chi connectivity index (χ0v) is 8.35. The minimum Gasteiger partial charge on any atom is -0.506 e. The third-order valence-electron chi connectivity index (χ3n) is 1.86. The van der Waals surface area contributed by atoms with Crippen LogP contribution in [0.4, 0.5) is 0 Å². The van der Waals surface area contributed by atoms with Crippen LogP contribution in [0.3, 0.4) is 0 Å². The molecule has 0 radical (unpaired) electrons. The number of phenolic OH excluding ortho intramolecular Hbond substituents is 1. The Labute approximate surface area is 82.2 Å². The van der Waals surface area contributed by atoms with E-state index in [1.165, 1.54) is 7.11 Å². The van der Waals surface area contributed by atoms with Crippen molar-refractivity contribution in [2.45, 2.75) is 13.5 Å². The second-order valence-electron chi connectivity index (χ2n) is 2.72. The first-order valence-electron chi connectivity index (χ1n) is 3.89. The molecular weight excluding hydrogens is 190 g/mol. The van der Waals surface area contributed by atoms with Crippen LogP contribution >= 0.6 is 11.6 Å². The number of benzene rings is 1. The van der Waals surface area contributed by atoms with E-state index in [-0.39, 0.29) is 5.75 Å². The molecule has 0 aliphatic carbocycles. The number of aromatic hydroxyl groups is 1. The van der Waals surface area contributed by atoms with Gasteiger partial charge in [0.15, 0.2) is 0 Å². The van der Waals surface area contributed by atoms with Crippen LogP contribution in [0.1, 0.15) is 11.1 Å². The van der Waals surface area contributed by atoms with Gasteiger partial charge in [-0.3, -0.25) is 0 Å². The molecule has 2 N–H and O–H groups in total. The first kappa shape index (κ1) is 10.3. The number of hydrogen-bond donors (Lipinski definition) is 2. The molecule has 0 aliphatic heterocycles. The molecule has 1 aromatic rings. The van der Waals surface area contributed by atoms with Crippen molar-refractivity contribution in [1.82, 2.24) is 5.48 Å². The van der Waals surface area contributed by atoms with Crippen molar-refractivity contribution < 1.29 is 9.94 Å². The number of halogens is 1. The van der Waals surface area contributed by atoms with Crippen molar-refractivity contribution >= 4 is 11.6 Å². The summed E-state index contributed by atoms with van der Waals surface area (Å²) in [7, 11) is 1.52. The molecule has 1 rings (SSSR count). The molecule has 0 atom stereocenters. The van der Waals surface area contributed by atoms with Crippen molar-refractivity contribution in [3.8, 4) is 5.75 Å². The van der Waals surface area contributed by atoms with Crippen LogP contribution in [-0.2, 0) is 11.4 Å². The average Bonchev–Trinajstić information content (AvgIpc) is 2.12. The van der Waals surface area contributed by atoms with E-state index in [4.69, 9.17) is 16.4 Å². The van der Waals surface area contributed by atoms with E-state index in [0.717, 1.165) is 11.1 Å². The van der Waals surface area contributed by atoms with Crippen LogP contribution in [0, 0.1) is 6.92 Å². The van der Waals surface area contributed by atoms with E-state index < -0.39 is 0 Å². The lowest BCUT2D eigenvalue weighted by molar-refractivity contribution is 0.0860. The number of hydroxylamine groups is 1. The molecule has 0 amide bonds. The van der Waals surface area contributed by atoms with E-state index in [1.54, 1.807) is 6.07 Å². The van der Waals surface area contributed by atoms with E-state index in [9.17, 15) is 5.11 Å². The molecule has 0 bridgehead atoms. The molecular formula is C9H12ClNO2. The monoisotopic (exact) mass is 201 g/mol. The quantitative estimate of drug-likeness (QED) is 0.736. The molecule has 0 aromatic heterocycles. The van der Waals surface area contributed by atoms with Gasteiger partial charge in [0, 0.05) is 12.1 Å². The standard InChI is InChI=1S/C9H12ClNO2/c1-6-3-4-8(10)9(12)7(6)5-11-13-2/h3-4,11-12H,5H2,1-2H3. The van der Waals surface area contributed by atoms with Gasteiger partial charge in [0.1, 0.15) is 5.75 Å². The molecule has 0 aliphatic rings. The summed E-state index contributed by atoms with van der Waals surface area (Å²) < 4.78 is 0. The molecule has 0 heterocycles. The predicted octanol–water partition coefficient (Wildman–Crippen LogP) is 2.01. The maximum atomic E-state index is 9.58. The number of aryl methyl sites for hydroxylation is 1. The summed E-state index contributed by atoms with van der Waals surface area (Å²) in [4.78, 5) is 4.69. The first-order chi connectivity index (χ1) is 6.16. The summed E-state index contributed by atoms with van der Waals surface area (Å²) in [5.41, 5.74) is 4.39. The van der Waals surface area contributed by atoms with Crippen molar-refractivity contribution in [1.29, 1.82) is 0 Å². The van der Waals surface area contributed by atoms with E-state index in [1.807, 2.05) is 13.0 Å². The fourth-order valence-electron chi connectivity index (χ4n) is 1.08. The van der Waals surface area contributed by atoms with Gasteiger partial charge in [0.05, 0.1) is 12.1 Å². The summed E-state index contributed by atoms with van der Waals surface area (Å²) in [5, 5.41) is 9.94. The third-order valence-corrected chi connectivity index (χ3v) is 2.17. The smallest absolute Gasteiger partial charge is 0.139 e. The molecule has 0 unspecified atom stereocenters. The molecule has 0 fully saturated rings. The number of nitrogens with one attached hydrogen (secondary N) is 1. The van der Waals surface area contributed by atoms with Crippen LogP contribution in [0.2, 0.25) is 5.02 Å². The Morgan fingerprint density at radius 2 is 2.23 bits per heavy atom. The highest BCUT2D eigenvalue weighted by atomic mass is 35.5. The van der Waals surface area contributed by atoms with Crippen molar-refractivity contribution in [2.24, 2.45) is 0 Å². The van der Waals surface area contributed by atoms with Gasteiger partial charge in [-0.25, -0.2) is 0 Å². The van der Waals surface area contributed by atoms with Gasteiger partial charge < -0.3 is 9.94 Å². The minimum atomic E-state index is 0.117. The molecule has 0 saturated carbocycles. The van der Waals surface area contributed by atoms with Gasteiger partial charge in [0.2, 0.25) is 0 Å². The molecule has 1 aromatic carbocycles. The van der Waals surface area contributed by atoms with Crippen molar-refractivity contribution in [2.75, 3.05) is 7.11 Å². The topological polar surface area (TPSA) is 41.5 Å². The maximum Gasteiger partial charge on any atom is 0.139 e. The van der Waals surface area contributed by atoms with Crippen molar-refractivity contribution in [3.05, 3.63) is 28.3 Å². The van der Waals surface area contributed by atoms with Crippen LogP contribution in [-0.4, -0.2) is 12.2 Å². The lowest BCUT2D eigenvalue weighted by Crippen LogP contribution is -2.11. The summed E-state index contributed by atoms with van der Waals surface area (Å²) in [6.45, 7) is 2.34. The third kappa shape index (κ3) is 2.34. The van der Waals surface area contributed by atoms with E-state index in [2.05, 4.69) is 5.48 Å². The fraction of sp³-hybridized carbons (Fsp3) is 0.333. The summed E-state index contributed by atoms with van der Waals surface area (Å²) in [5.74, 6) is 0.117. The maximum absolute atomic E-state index is 9.58. The van der Waals surface area contributed by atoms with E-state index >= 15 is 0 Å². The number of rotatable bonds is 3. The lowest BCUT2D eigenvalue weighted by Gasteiger charge is -2.09. The zero-order valence-electron chi connectivity index (χ0n) is 7.60. The Morgan fingerprint density at radius 3 is 2.85 bits per heavy atom. The fourth-order valence-corrected chi connectivity index (χ4v) is 1.25. The second kappa shape index (κ2) is 4.46. The van der Waals surface area contributed by atoms with Crippen molar-refractivity contribution in [3.63, 3.8) is 0 Å². The van der Waals surface area contributed by atoms with Crippen LogP contribution < -0.4 is 5.48 Å². The normalized spacial score (nSPS) is 10.4. The predicted molar refractivity (Wildman–Crippen MR) is 51.7 cm³/mol. The highest BCUT2D eigenvalue weighted by Crippen LogP contribution is 2.29. The SMILES string of the molecule is CONCc1c(C)ccc(Cl)c1O. The summed E-state index contributed by atoms with van der Waals surface area (Å²) in [6, 6.07) is 3.53. The van der Waals surface area contributed by atoms with Crippen LogP contribution in [0.15, 0.2) is 12.1 Å². The lowest BCUT2D eigenvalue weighted by atomic mass is 10.1. The van der Waals surface area contributed by atoms with Gasteiger partial charge in [-0.1, -0.05) is 17.7 Å². The van der Waals surface area contributed by atoms with E-state index in [0.29, 0.717) is 11.6 Å². The Hall–Kier alpha value is -0.770. The van der Waals surface area contributed by atoms with Gasteiger partial charge in [0.25, 0.3) is 0 Å². The summed E-state index contributed by atoms with van der Waals surface area (Å²) >= 11 is 5.75. The van der Waals surface area contributed by atoms with Gasteiger partial charge in [-0.05, 0) is 18.6 Å². The van der Waals surface area contributed by atoms with Gasteiger partial charge in [-0.2, -0.15) is 5.48 Å². The number of hydrogen-bond acceptors (Lipinski definition) is 3. The zero-order chi connectivity index (χ0) is 9.84. The average molecular weight is 202 g/mol. The Morgan fingerprint density at radius 1 is 1.54 bits per heavy atom. The second-order valence-corrected chi connectivity index (χ2v) is 3.12. The molecule has 13 heavy (non-hydrogen) atoms. The minimum absolute atomic E-state index is 0.117. The van der Waals surface area contributed by atoms with Crippen LogP contribution in [0.5, 0.6) is 5.75 Å². The molecule has 3 nitrogen and oxygen atoms in total. The molecule has 72 valence electrons. The Bertz CT molecular complexity index is 302. The largest absolute Gasteiger partial charge is 0.506 e. The van der Waals surface area contributed by atoms with Gasteiger partial charge >= 0.3 is 0 Å². The number of phenols is 1. The highest BCUT2D eigenvalue weighted by Gasteiger charge is 2.07. The molecule has 4 heteroatoms. The van der Waals surface area contributed by atoms with Crippen LogP contribution in [0.25, 0.3) is 0 Å². The summed E-state index contributed by atoms with van der Waals surface area (Å²) in [6.07, 6.45) is 0. The Kier molecular flexibility index (Phi) is 3.54. The Balaban J connectivity index is 2.96. The first-order valence-corrected chi connectivity index (χ1v) is 4.27. The molecule has 0 saturated heterocycles. The highest BCUT2D eigenvalue weighted by molar-refractivity contribution is 6.32. The van der Waals surface area contributed by atoms with Gasteiger partial charge in [-0.15, -0.1) is 0 Å². The molecule has 0 spiro atoms.